The lowest BCUT2D eigenvalue weighted by Gasteiger charge is -2.27. The Balaban J connectivity index is 1.84. The maximum absolute atomic E-state index is 3.64. The van der Waals surface area contributed by atoms with Gasteiger partial charge in [-0.3, -0.25) is 0 Å². The Morgan fingerprint density at radius 3 is 2.30 bits per heavy atom. The van der Waals surface area contributed by atoms with Crippen LogP contribution in [0.1, 0.15) is 57.1 Å². The van der Waals surface area contributed by atoms with E-state index in [0.717, 1.165) is 6.54 Å². The van der Waals surface area contributed by atoms with E-state index in [-0.39, 0.29) is 0 Å². The standard InChI is InChI=1S/C18H30N2/c1-2-19-18(17-11-7-6-8-12-17)13-16-20-14-9-4-3-5-10-15-20/h6-8,11-12,18-19H,2-5,9-10,13-16H2,1H3. The second kappa shape index (κ2) is 9.15. The average Bonchev–Trinajstić information content (AvgIpc) is 2.46. The highest BCUT2D eigenvalue weighted by Crippen LogP contribution is 2.18. The molecule has 2 rings (SSSR count). The van der Waals surface area contributed by atoms with Gasteiger partial charge < -0.3 is 10.2 Å². The molecule has 0 spiro atoms. The summed E-state index contributed by atoms with van der Waals surface area (Å²) in [4.78, 5) is 2.67. The molecular formula is C18H30N2. The van der Waals surface area contributed by atoms with Crippen LogP contribution in [0.4, 0.5) is 0 Å². The van der Waals surface area contributed by atoms with E-state index < -0.39 is 0 Å². The van der Waals surface area contributed by atoms with Crippen LogP contribution in [-0.2, 0) is 0 Å². The fraction of sp³-hybridized carbons (Fsp3) is 0.667. The normalized spacial score (nSPS) is 19.2. The zero-order chi connectivity index (χ0) is 14.0. The zero-order valence-corrected chi connectivity index (χ0v) is 13.0. The molecule has 1 atom stereocenters. The monoisotopic (exact) mass is 274 g/mol. The second-order valence-electron chi connectivity index (χ2n) is 5.92. The molecule has 2 nitrogen and oxygen atoms in total. The highest BCUT2D eigenvalue weighted by atomic mass is 15.1. The van der Waals surface area contributed by atoms with Gasteiger partial charge in [0.2, 0.25) is 0 Å². The lowest BCUT2D eigenvalue weighted by molar-refractivity contribution is 0.234. The Bertz CT molecular complexity index is 342. The molecule has 1 heterocycles. The van der Waals surface area contributed by atoms with Crippen molar-refractivity contribution in [1.82, 2.24) is 10.2 Å². The van der Waals surface area contributed by atoms with Crippen molar-refractivity contribution >= 4 is 0 Å². The fourth-order valence-corrected chi connectivity index (χ4v) is 3.17. The maximum Gasteiger partial charge on any atom is 0.0332 e. The van der Waals surface area contributed by atoms with Crippen LogP contribution in [0.3, 0.4) is 0 Å². The number of rotatable bonds is 6. The summed E-state index contributed by atoms with van der Waals surface area (Å²) < 4.78 is 0. The van der Waals surface area contributed by atoms with Crippen LogP contribution >= 0.6 is 0 Å². The Kier molecular flexibility index (Phi) is 7.10. The molecule has 20 heavy (non-hydrogen) atoms. The smallest absolute Gasteiger partial charge is 0.0332 e. The van der Waals surface area contributed by atoms with Crippen molar-refractivity contribution < 1.29 is 0 Å². The van der Waals surface area contributed by atoms with Gasteiger partial charge in [-0.2, -0.15) is 0 Å². The predicted molar refractivity (Wildman–Crippen MR) is 87.0 cm³/mol. The van der Waals surface area contributed by atoms with E-state index in [1.165, 1.54) is 63.7 Å². The summed E-state index contributed by atoms with van der Waals surface area (Å²) in [6.45, 7) is 7.07. The first-order chi connectivity index (χ1) is 9.90. The summed E-state index contributed by atoms with van der Waals surface area (Å²) in [6.07, 6.45) is 8.28. The van der Waals surface area contributed by atoms with E-state index in [1.54, 1.807) is 0 Å². The van der Waals surface area contributed by atoms with Crippen molar-refractivity contribution in [2.45, 2.75) is 51.5 Å². The van der Waals surface area contributed by atoms with Crippen LogP contribution in [0.15, 0.2) is 30.3 Å². The summed E-state index contributed by atoms with van der Waals surface area (Å²) >= 11 is 0. The first kappa shape index (κ1) is 15.5. The summed E-state index contributed by atoms with van der Waals surface area (Å²) in [5.74, 6) is 0. The minimum absolute atomic E-state index is 0.506. The van der Waals surface area contributed by atoms with E-state index >= 15 is 0 Å². The summed E-state index contributed by atoms with van der Waals surface area (Å²) in [6, 6.07) is 11.4. The highest BCUT2D eigenvalue weighted by Gasteiger charge is 2.13. The predicted octanol–water partition coefficient (Wildman–Crippen LogP) is 3.99. The van der Waals surface area contributed by atoms with Gasteiger partial charge in [0.1, 0.15) is 0 Å². The molecule has 1 saturated heterocycles. The first-order valence-electron chi connectivity index (χ1n) is 8.41. The second-order valence-corrected chi connectivity index (χ2v) is 5.92. The van der Waals surface area contributed by atoms with Crippen molar-refractivity contribution in [3.63, 3.8) is 0 Å². The van der Waals surface area contributed by atoms with Crippen molar-refractivity contribution in [2.75, 3.05) is 26.2 Å². The van der Waals surface area contributed by atoms with Crippen LogP contribution in [0, 0.1) is 0 Å². The average molecular weight is 274 g/mol. The van der Waals surface area contributed by atoms with Crippen molar-refractivity contribution in [2.24, 2.45) is 0 Å². The van der Waals surface area contributed by atoms with Gasteiger partial charge in [-0.05, 0) is 51.0 Å². The number of hydrogen-bond acceptors (Lipinski definition) is 2. The molecule has 0 saturated carbocycles. The number of hydrogen-bond donors (Lipinski definition) is 1. The molecule has 1 N–H and O–H groups in total. The zero-order valence-electron chi connectivity index (χ0n) is 13.0. The van der Waals surface area contributed by atoms with Gasteiger partial charge in [0.15, 0.2) is 0 Å². The van der Waals surface area contributed by atoms with E-state index in [0.29, 0.717) is 6.04 Å². The number of likely N-dealkylation sites (tertiary alicyclic amines) is 1. The molecule has 112 valence electrons. The molecule has 1 aromatic rings. The van der Waals surface area contributed by atoms with Crippen molar-refractivity contribution in [3.05, 3.63) is 35.9 Å². The number of benzene rings is 1. The lowest BCUT2D eigenvalue weighted by atomic mass is 10.0. The summed E-state index contributed by atoms with van der Waals surface area (Å²) in [5.41, 5.74) is 1.43. The van der Waals surface area contributed by atoms with Gasteiger partial charge in [-0.1, -0.05) is 56.5 Å². The highest BCUT2D eigenvalue weighted by molar-refractivity contribution is 5.18. The van der Waals surface area contributed by atoms with Gasteiger partial charge in [0, 0.05) is 6.04 Å². The van der Waals surface area contributed by atoms with Crippen LogP contribution < -0.4 is 5.32 Å². The first-order valence-corrected chi connectivity index (χ1v) is 8.41. The van der Waals surface area contributed by atoms with Crippen LogP contribution in [0.5, 0.6) is 0 Å². The minimum atomic E-state index is 0.506. The lowest BCUT2D eigenvalue weighted by Crippen LogP contribution is -2.32. The van der Waals surface area contributed by atoms with Crippen molar-refractivity contribution in [1.29, 1.82) is 0 Å². The third-order valence-corrected chi connectivity index (χ3v) is 4.34. The number of nitrogens with one attached hydrogen (secondary N) is 1. The van der Waals surface area contributed by atoms with Crippen LogP contribution in [0.2, 0.25) is 0 Å². The topological polar surface area (TPSA) is 15.3 Å². The number of nitrogens with zero attached hydrogens (tertiary/aromatic N) is 1. The molecule has 0 amide bonds. The van der Waals surface area contributed by atoms with Gasteiger partial charge >= 0.3 is 0 Å². The molecule has 0 radical (unpaired) electrons. The third-order valence-electron chi connectivity index (χ3n) is 4.34. The van der Waals surface area contributed by atoms with E-state index in [1.807, 2.05) is 0 Å². The molecule has 1 aliphatic rings. The quantitative estimate of drug-likeness (QED) is 0.843. The van der Waals surface area contributed by atoms with E-state index in [2.05, 4.69) is 47.5 Å². The maximum atomic E-state index is 3.64. The molecule has 1 aromatic carbocycles. The molecule has 1 unspecified atom stereocenters. The molecule has 1 aliphatic heterocycles. The van der Waals surface area contributed by atoms with Crippen LogP contribution in [0.25, 0.3) is 0 Å². The van der Waals surface area contributed by atoms with E-state index in [9.17, 15) is 0 Å². The molecule has 0 aliphatic carbocycles. The van der Waals surface area contributed by atoms with E-state index in [4.69, 9.17) is 0 Å². The summed E-state index contributed by atoms with van der Waals surface area (Å²) in [5, 5.41) is 3.64. The molecular weight excluding hydrogens is 244 g/mol. The summed E-state index contributed by atoms with van der Waals surface area (Å²) in [7, 11) is 0. The van der Waals surface area contributed by atoms with Crippen LogP contribution in [-0.4, -0.2) is 31.1 Å². The largest absolute Gasteiger partial charge is 0.310 e. The molecule has 2 heteroatoms. The van der Waals surface area contributed by atoms with Gasteiger partial charge in [-0.25, -0.2) is 0 Å². The molecule has 0 aromatic heterocycles. The van der Waals surface area contributed by atoms with Gasteiger partial charge in [0.25, 0.3) is 0 Å². The molecule has 0 bridgehead atoms. The fourth-order valence-electron chi connectivity index (χ4n) is 3.17. The van der Waals surface area contributed by atoms with Gasteiger partial charge in [0.05, 0.1) is 0 Å². The Morgan fingerprint density at radius 2 is 1.65 bits per heavy atom. The van der Waals surface area contributed by atoms with Crippen molar-refractivity contribution in [3.8, 4) is 0 Å². The van der Waals surface area contributed by atoms with Gasteiger partial charge in [-0.15, -0.1) is 0 Å². The Morgan fingerprint density at radius 1 is 1.00 bits per heavy atom. The Labute approximate surface area is 124 Å². The Hall–Kier alpha value is -0.860. The minimum Gasteiger partial charge on any atom is -0.310 e. The SMILES string of the molecule is CCNC(CCN1CCCCCCC1)c1ccccc1. The molecule has 1 fully saturated rings. The third kappa shape index (κ3) is 5.26.